The Bertz CT molecular complexity index is 333. The molecule has 0 amide bonds. The fourth-order valence-electron chi connectivity index (χ4n) is 2.37. The van der Waals surface area contributed by atoms with E-state index in [0.29, 0.717) is 0 Å². The van der Waals surface area contributed by atoms with E-state index in [1.165, 1.54) is 37.9 Å². The minimum absolute atomic E-state index is 0.293. The second-order valence-electron chi connectivity index (χ2n) is 4.71. The van der Waals surface area contributed by atoms with Crippen LogP contribution < -0.4 is 5.32 Å². The normalized spacial score (nSPS) is 16.6. The van der Waals surface area contributed by atoms with Crippen molar-refractivity contribution >= 4 is 5.82 Å². The number of anilines is 1. The summed E-state index contributed by atoms with van der Waals surface area (Å²) in [6, 6.07) is 3.85. The molecule has 1 heterocycles. The Kier molecular flexibility index (Phi) is 4.31. The van der Waals surface area contributed by atoms with Gasteiger partial charge in [0.25, 0.3) is 0 Å². The maximum atomic E-state index is 12.6. The van der Waals surface area contributed by atoms with E-state index >= 15 is 0 Å². The Labute approximate surface area is 102 Å². The largest absolute Gasteiger partial charge is 0.369 e. The lowest BCUT2D eigenvalue weighted by Gasteiger charge is -2.23. The van der Waals surface area contributed by atoms with Crippen LogP contribution in [-0.2, 0) is 0 Å². The zero-order valence-electron chi connectivity index (χ0n) is 10.3. The Balaban J connectivity index is 1.70. The number of hydrogen-bond donors (Lipinski definition) is 1. The predicted molar refractivity (Wildman–Crippen MR) is 67.6 cm³/mol. The van der Waals surface area contributed by atoms with Gasteiger partial charge in [-0.25, -0.2) is 9.37 Å². The standard InChI is InChI=1S/C13H20FN3/c1-17(12-4-2-3-5-12)9-8-15-13-7-6-11(14)10-16-13/h6-7,10,12H,2-5,8-9H2,1H3,(H,15,16). The highest BCUT2D eigenvalue weighted by atomic mass is 19.1. The Morgan fingerprint density at radius 2 is 2.18 bits per heavy atom. The Morgan fingerprint density at radius 1 is 1.41 bits per heavy atom. The molecule has 1 saturated carbocycles. The van der Waals surface area contributed by atoms with Gasteiger partial charge in [-0.3, -0.25) is 0 Å². The van der Waals surface area contributed by atoms with Gasteiger partial charge < -0.3 is 10.2 Å². The lowest BCUT2D eigenvalue weighted by molar-refractivity contribution is 0.254. The van der Waals surface area contributed by atoms with Crippen molar-refractivity contribution < 1.29 is 4.39 Å². The van der Waals surface area contributed by atoms with Crippen LogP contribution in [0.15, 0.2) is 18.3 Å². The minimum atomic E-state index is -0.293. The van der Waals surface area contributed by atoms with Crippen LogP contribution in [0.25, 0.3) is 0 Å². The number of aromatic nitrogens is 1. The monoisotopic (exact) mass is 237 g/mol. The number of halogens is 1. The van der Waals surface area contributed by atoms with Crippen molar-refractivity contribution in [1.29, 1.82) is 0 Å². The van der Waals surface area contributed by atoms with Gasteiger partial charge in [-0.2, -0.15) is 0 Å². The van der Waals surface area contributed by atoms with E-state index in [1.807, 2.05) is 0 Å². The molecule has 0 aliphatic heterocycles. The first-order valence-electron chi connectivity index (χ1n) is 6.31. The molecule has 1 aromatic rings. The fraction of sp³-hybridized carbons (Fsp3) is 0.615. The molecule has 4 heteroatoms. The number of hydrogen-bond acceptors (Lipinski definition) is 3. The van der Waals surface area contributed by atoms with Gasteiger partial charge in [0.15, 0.2) is 0 Å². The summed E-state index contributed by atoms with van der Waals surface area (Å²) in [4.78, 5) is 6.37. The molecule has 0 atom stereocenters. The first kappa shape index (κ1) is 12.3. The lowest BCUT2D eigenvalue weighted by atomic mass is 10.2. The molecule has 0 saturated heterocycles. The number of nitrogens with zero attached hydrogens (tertiary/aromatic N) is 2. The van der Waals surface area contributed by atoms with E-state index in [2.05, 4.69) is 22.2 Å². The Morgan fingerprint density at radius 3 is 2.82 bits per heavy atom. The van der Waals surface area contributed by atoms with Gasteiger partial charge in [-0.1, -0.05) is 12.8 Å². The molecule has 0 spiro atoms. The van der Waals surface area contributed by atoms with Gasteiger partial charge in [0.1, 0.15) is 11.6 Å². The van der Waals surface area contributed by atoms with Crippen molar-refractivity contribution in [2.45, 2.75) is 31.7 Å². The molecule has 0 aromatic carbocycles. The highest BCUT2D eigenvalue weighted by molar-refractivity contribution is 5.33. The summed E-state index contributed by atoms with van der Waals surface area (Å²) in [6.07, 6.45) is 6.61. The zero-order chi connectivity index (χ0) is 12.1. The second-order valence-corrected chi connectivity index (χ2v) is 4.71. The molecule has 17 heavy (non-hydrogen) atoms. The summed E-state index contributed by atoms with van der Waals surface area (Å²) in [7, 11) is 2.18. The molecule has 94 valence electrons. The average Bonchev–Trinajstić information content (AvgIpc) is 2.85. The van der Waals surface area contributed by atoms with Gasteiger partial charge in [0.05, 0.1) is 6.20 Å². The lowest BCUT2D eigenvalue weighted by Crippen LogP contribution is -2.33. The van der Waals surface area contributed by atoms with E-state index in [1.54, 1.807) is 6.07 Å². The van der Waals surface area contributed by atoms with Crippen LogP contribution in [0.4, 0.5) is 10.2 Å². The summed E-state index contributed by atoms with van der Waals surface area (Å²) >= 11 is 0. The van der Waals surface area contributed by atoms with Crippen molar-refractivity contribution in [2.24, 2.45) is 0 Å². The van der Waals surface area contributed by atoms with E-state index in [0.717, 1.165) is 24.9 Å². The third kappa shape index (κ3) is 3.66. The van der Waals surface area contributed by atoms with Crippen LogP contribution in [-0.4, -0.2) is 36.1 Å². The molecule has 0 radical (unpaired) electrons. The van der Waals surface area contributed by atoms with Crippen molar-refractivity contribution in [3.63, 3.8) is 0 Å². The Hall–Kier alpha value is -1.16. The van der Waals surface area contributed by atoms with Crippen LogP contribution in [0.3, 0.4) is 0 Å². The highest BCUT2D eigenvalue weighted by Gasteiger charge is 2.18. The number of rotatable bonds is 5. The number of likely N-dealkylation sites (N-methyl/N-ethyl adjacent to an activating group) is 1. The summed E-state index contributed by atoms with van der Waals surface area (Å²) in [5.74, 6) is 0.449. The average molecular weight is 237 g/mol. The molecule has 1 aliphatic rings. The summed E-state index contributed by atoms with van der Waals surface area (Å²) in [6.45, 7) is 1.86. The van der Waals surface area contributed by atoms with Gasteiger partial charge >= 0.3 is 0 Å². The predicted octanol–water partition coefficient (Wildman–Crippen LogP) is 2.51. The maximum absolute atomic E-state index is 12.6. The SMILES string of the molecule is CN(CCNc1ccc(F)cn1)C1CCCC1. The number of nitrogens with one attached hydrogen (secondary N) is 1. The van der Waals surface area contributed by atoms with Crippen LogP contribution in [0.1, 0.15) is 25.7 Å². The van der Waals surface area contributed by atoms with Crippen molar-refractivity contribution in [1.82, 2.24) is 9.88 Å². The molecule has 2 rings (SSSR count). The second kappa shape index (κ2) is 5.96. The van der Waals surface area contributed by atoms with Crippen molar-refractivity contribution in [3.05, 3.63) is 24.1 Å². The van der Waals surface area contributed by atoms with E-state index in [-0.39, 0.29) is 5.82 Å². The van der Waals surface area contributed by atoms with Crippen LogP contribution in [0, 0.1) is 5.82 Å². The van der Waals surface area contributed by atoms with E-state index < -0.39 is 0 Å². The maximum Gasteiger partial charge on any atom is 0.141 e. The summed E-state index contributed by atoms with van der Waals surface area (Å²) in [5, 5.41) is 3.21. The first-order valence-corrected chi connectivity index (χ1v) is 6.31. The molecule has 3 nitrogen and oxygen atoms in total. The minimum Gasteiger partial charge on any atom is -0.369 e. The van der Waals surface area contributed by atoms with Crippen molar-refractivity contribution in [2.75, 3.05) is 25.5 Å². The molecule has 0 unspecified atom stereocenters. The van der Waals surface area contributed by atoms with Gasteiger partial charge in [0.2, 0.25) is 0 Å². The zero-order valence-corrected chi connectivity index (χ0v) is 10.3. The topological polar surface area (TPSA) is 28.2 Å². The molecular weight excluding hydrogens is 217 g/mol. The molecular formula is C13H20FN3. The van der Waals surface area contributed by atoms with Crippen LogP contribution in [0.5, 0.6) is 0 Å². The van der Waals surface area contributed by atoms with E-state index in [9.17, 15) is 4.39 Å². The molecule has 1 N–H and O–H groups in total. The number of pyridine rings is 1. The van der Waals surface area contributed by atoms with Gasteiger partial charge in [-0.05, 0) is 32.0 Å². The van der Waals surface area contributed by atoms with Gasteiger partial charge in [-0.15, -0.1) is 0 Å². The molecule has 1 aliphatic carbocycles. The highest BCUT2D eigenvalue weighted by Crippen LogP contribution is 2.21. The first-order chi connectivity index (χ1) is 8.25. The molecule has 1 aromatic heterocycles. The van der Waals surface area contributed by atoms with Crippen LogP contribution >= 0.6 is 0 Å². The summed E-state index contributed by atoms with van der Waals surface area (Å²) in [5.41, 5.74) is 0. The smallest absolute Gasteiger partial charge is 0.141 e. The van der Waals surface area contributed by atoms with E-state index in [4.69, 9.17) is 0 Å². The van der Waals surface area contributed by atoms with Gasteiger partial charge in [0, 0.05) is 19.1 Å². The van der Waals surface area contributed by atoms with Crippen molar-refractivity contribution in [3.8, 4) is 0 Å². The third-order valence-electron chi connectivity index (χ3n) is 3.45. The quantitative estimate of drug-likeness (QED) is 0.853. The molecule has 0 bridgehead atoms. The third-order valence-corrected chi connectivity index (χ3v) is 3.45. The molecule has 1 fully saturated rings. The fourth-order valence-corrected chi connectivity index (χ4v) is 2.37. The van der Waals surface area contributed by atoms with Crippen LogP contribution in [0.2, 0.25) is 0 Å². The summed E-state index contributed by atoms with van der Waals surface area (Å²) < 4.78 is 12.6.